The molecule has 90 valence electrons. The van der Waals surface area contributed by atoms with Crippen LogP contribution in [0.5, 0.6) is 0 Å². The molecule has 2 rings (SSSR count). The number of nitrogens with two attached hydrogens (primary N) is 1. The highest BCUT2D eigenvalue weighted by Crippen LogP contribution is 2.26. The van der Waals surface area contributed by atoms with Crippen LogP contribution >= 0.6 is 15.9 Å². The monoisotopic (exact) mass is 296 g/mol. The molecule has 0 bridgehead atoms. The zero-order valence-electron chi connectivity index (χ0n) is 9.57. The Bertz CT molecular complexity index is 524. The summed E-state index contributed by atoms with van der Waals surface area (Å²) in [6, 6.07) is 6.03. The van der Waals surface area contributed by atoms with Crippen LogP contribution < -0.4 is 11.1 Å². The van der Waals surface area contributed by atoms with Gasteiger partial charge in [0.1, 0.15) is 0 Å². The number of nitrogens with zero attached hydrogens (tertiary/aromatic N) is 2. The largest absolute Gasteiger partial charge is 0.406 e. The van der Waals surface area contributed by atoms with Gasteiger partial charge in [0.2, 0.25) is 5.89 Å². The fourth-order valence-electron chi connectivity index (χ4n) is 1.32. The molecule has 1 atom stereocenters. The number of nitrogens with one attached hydrogen (secondary N) is 1. The van der Waals surface area contributed by atoms with Gasteiger partial charge in [0.05, 0.1) is 11.7 Å². The normalized spacial score (nSPS) is 12.5. The average Bonchev–Trinajstić information content (AvgIpc) is 2.72. The first-order valence-corrected chi connectivity index (χ1v) is 5.97. The molecular formula is C11H13BrN4O. The number of halogens is 1. The molecule has 0 amide bonds. The third-order valence-corrected chi connectivity index (χ3v) is 2.89. The topological polar surface area (TPSA) is 77.0 Å². The molecule has 1 aromatic carbocycles. The molecule has 0 aliphatic carbocycles. The van der Waals surface area contributed by atoms with E-state index in [1.54, 1.807) is 6.92 Å². The van der Waals surface area contributed by atoms with E-state index in [1.807, 2.05) is 25.1 Å². The summed E-state index contributed by atoms with van der Waals surface area (Å²) in [4.78, 5) is 0. The molecule has 6 heteroatoms. The molecule has 2 aromatic rings. The third kappa shape index (κ3) is 2.83. The van der Waals surface area contributed by atoms with Crippen molar-refractivity contribution >= 4 is 27.6 Å². The summed E-state index contributed by atoms with van der Waals surface area (Å²) in [5.41, 5.74) is 7.66. The molecule has 17 heavy (non-hydrogen) atoms. The number of hydrogen-bond donors (Lipinski definition) is 2. The molecule has 0 saturated heterocycles. The molecule has 0 radical (unpaired) electrons. The lowest BCUT2D eigenvalue weighted by molar-refractivity contribution is 0.475. The van der Waals surface area contributed by atoms with Gasteiger partial charge in [-0.3, -0.25) is 0 Å². The predicted octanol–water partition coefficient (Wildman–Crippen LogP) is 2.90. The second kappa shape index (κ2) is 4.85. The van der Waals surface area contributed by atoms with Crippen molar-refractivity contribution in [2.24, 2.45) is 5.73 Å². The SMILES string of the molecule is Cc1ccc(Br)c(Nc2nnc(C(C)N)o2)c1. The van der Waals surface area contributed by atoms with Crippen LogP contribution in [-0.2, 0) is 0 Å². The molecule has 0 fully saturated rings. The lowest BCUT2D eigenvalue weighted by atomic mass is 10.2. The van der Waals surface area contributed by atoms with E-state index in [9.17, 15) is 0 Å². The Kier molecular flexibility index (Phi) is 3.44. The van der Waals surface area contributed by atoms with Crippen LogP contribution in [0.25, 0.3) is 0 Å². The van der Waals surface area contributed by atoms with Gasteiger partial charge in [-0.2, -0.15) is 0 Å². The van der Waals surface area contributed by atoms with Crippen molar-refractivity contribution in [2.45, 2.75) is 19.9 Å². The zero-order chi connectivity index (χ0) is 12.4. The summed E-state index contributed by atoms with van der Waals surface area (Å²) < 4.78 is 6.30. The smallest absolute Gasteiger partial charge is 0.320 e. The fourth-order valence-corrected chi connectivity index (χ4v) is 1.66. The van der Waals surface area contributed by atoms with Crippen LogP contribution in [0, 0.1) is 6.92 Å². The van der Waals surface area contributed by atoms with Gasteiger partial charge in [0.15, 0.2) is 0 Å². The minimum absolute atomic E-state index is 0.265. The van der Waals surface area contributed by atoms with Crippen molar-refractivity contribution in [2.75, 3.05) is 5.32 Å². The van der Waals surface area contributed by atoms with Crippen LogP contribution in [0.4, 0.5) is 11.7 Å². The van der Waals surface area contributed by atoms with E-state index in [2.05, 4.69) is 31.4 Å². The van der Waals surface area contributed by atoms with Crippen molar-refractivity contribution in [1.82, 2.24) is 10.2 Å². The van der Waals surface area contributed by atoms with Gasteiger partial charge in [-0.25, -0.2) is 0 Å². The van der Waals surface area contributed by atoms with Crippen molar-refractivity contribution in [3.63, 3.8) is 0 Å². The molecule has 0 aliphatic heterocycles. The summed E-state index contributed by atoms with van der Waals surface area (Å²) in [5, 5.41) is 10.8. The first kappa shape index (κ1) is 12.1. The Morgan fingerprint density at radius 3 is 2.82 bits per heavy atom. The van der Waals surface area contributed by atoms with Gasteiger partial charge in [-0.15, -0.1) is 5.10 Å². The van der Waals surface area contributed by atoms with Crippen molar-refractivity contribution in [1.29, 1.82) is 0 Å². The van der Waals surface area contributed by atoms with Gasteiger partial charge in [-0.1, -0.05) is 11.2 Å². The molecule has 1 heterocycles. The first-order chi connectivity index (χ1) is 8.06. The summed E-state index contributed by atoms with van der Waals surface area (Å²) >= 11 is 3.45. The number of benzene rings is 1. The average molecular weight is 297 g/mol. The van der Waals surface area contributed by atoms with Crippen molar-refractivity contribution in [3.8, 4) is 0 Å². The Labute approximate surface area is 108 Å². The minimum atomic E-state index is -0.265. The van der Waals surface area contributed by atoms with E-state index in [0.29, 0.717) is 11.9 Å². The van der Waals surface area contributed by atoms with Gasteiger partial charge < -0.3 is 15.5 Å². The van der Waals surface area contributed by atoms with Crippen LogP contribution in [0.2, 0.25) is 0 Å². The molecule has 0 spiro atoms. The van der Waals surface area contributed by atoms with Gasteiger partial charge in [-0.05, 0) is 47.5 Å². The molecular weight excluding hydrogens is 284 g/mol. The summed E-state index contributed by atoms with van der Waals surface area (Å²) in [6.07, 6.45) is 0. The lowest BCUT2D eigenvalue weighted by Gasteiger charge is -2.05. The molecule has 0 aliphatic rings. The predicted molar refractivity (Wildman–Crippen MR) is 69.1 cm³/mol. The van der Waals surface area contributed by atoms with E-state index in [0.717, 1.165) is 15.7 Å². The number of aryl methyl sites for hydroxylation is 1. The van der Waals surface area contributed by atoms with Gasteiger partial charge in [0.25, 0.3) is 0 Å². The summed E-state index contributed by atoms with van der Waals surface area (Å²) in [7, 11) is 0. The maximum absolute atomic E-state index is 5.64. The quantitative estimate of drug-likeness (QED) is 0.911. The fraction of sp³-hybridized carbons (Fsp3) is 0.273. The Morgan fingerprint density at radius 2 is 2.18 bits per heavy atom. The van der Waals surface area contributed by atoms with E-state index >= 15 is 0 Å². The third-order valence-electron chi connectivity index (χ3n) is 2.19. The van der Waals surface area contributed by atoms with Crippen molar-refractivity contribution in [3.05, 3.63) is 34.1 Å². The molecule has 1 aromatic heterocycles. The summed E-state index contributed by atoms with van der Waals surface area (Å²) in [5.74, 6) is 0.413. The van der Waals surface area contributed by atoms with E-state index < -0.39 is 0 Å². The Hall–Kier alpha value is -1.40. The highest BCUT2D eigenvalue weighted by atomic mass is 79.9. The second-order valence-corrected chi connectivity index (χ2v) is 4.70. The number of aromatic nitrogens is 2. The molecule has 5 nitrogen and oxygen atoms in total. The van der Waals surface area contributed by atoms with E-state index in [4.69, 9.17) is 10.2 Å². The second-order valence-electron chi connectivity index (χ2n) is 3.84. The summed E-state index contributed by atoms with van der Waals surface area (Å²) in [6.45, 7) is 3.80. The lowest BCUT2D eigenvalue weighted by Crippen LogP contribution is -2.04. The minimum Gasteiger partial charge on any atom is -0.406 e. The molecule has 3 N–H and O–H groups in total. The number of rotatable bonds is 3. The standard InChI is InChI=1S/C11H13BrN4O/c1-6-3-4-8(12)9(5-6)14-11-16-15-10(17-11)7(2)13/h3-5,7H,13H2,1-2H3,(H,14,16). The van der Waals surface area contributed by atoms with Crippen molar-refractivity contribution < 1.29 is 4.42 Å². The highest BCUT2D eigenvalue weighted by Gasteiger charge is 2.10. The molecule has 1 unspecified atom stereocenters. The van der Waals surface area contributed by atoms with Crippen LogP contribution in [0.3, 0.4) is 0 Å². The zero-order valence-corrected chi connectivity index (χ0v) is 11.2. The maximum atomic E-state index is 5.64. The van der Waals surface area contributed by atoms with Crippen LogP contribution in [-0.4, -0.2) is 10.2 Å². The van der Waals surface area contributed by atoms with Gasteiger partial charge in [0, 0.05) is 4.47 Å². The Morgan fingerprint density at radius 1 is 1.41 bits per heavy atom. The maximum Gasteiger partial charge on any atom is 0.320 e. The van der Waals surface area contributed by atoms with Gasteiger partial charge >= 0.3 is 6.01 Å². The van der Waals surface area contributed by atoms with E-state index in [-0.39, 0.29) is 6.04 Å². The van der Waals surface area contributed by atoms with E-state index in [1.165, 1.54) is 0 Å². The highest BCUT2D eigenvalue weighted by molar-refractivity contribution is 9.10. The van der Waals surface area contributed by atoms with Crippen LogP contribution in [0.15, 0.2) is 27.1 Å². The Balaban J connectivity index is 2.22. The van der Waals surface area contributed by atoms with Crippen LogP contribution in [0.1, 0.15) is 24.4 Å². The first-order valence-electron chi connectivity index (χ1n) is 5.18. The number of anilines is 2. The number of hydrogen-bond acceptors (Lipinski definition) is 5. The molecule has 0 saturated carbocycles.